The summed E-state index contributed by atoms with van der Waals surface area (Å²) in [6, 6.07) is 7.07. The van der Waals surface area contributed by atoms with E-state index in [4.69, 9.17) is 14.3 Å². The number of hydroxylamine groups is 2. The Balaban J connectivity index is 1.93. The van der Waals surface area contributed by atoms with Gasteiger partial charge in [-0.3, -0.25) is 4.79 Å². The zero-order chi connectivity index (χ0) is 22.5. The van der Waals surface area contributed by atoms with Crippen molar-refractivity contribution in [3.63, 3.8) is 0 Å². The lowest BCUT2D eigenvalue weighted by Gasteiger charge is -2.31. The molecular formula is C24H31NO6. The van der Waals surface area contributed by atoms with Crippen LogP contribution in [0.3, 0.4) is 0 Å². The number of hydrogen-bond donors (Lipinski definition) is 2. The molecule has 1 aliphatic carbocycles. The number of phenols is 2. The first kappa shape index (κ1) is 22.6. The lowest BCUT2D eigenvalue weighted by Crippen LogP contribution is -2.37. The number of rotatable bonds is 8. The van der Waals surface area contributed by atoms with Crippen molar-refractivity contribution in [2.45, 2.75) is 51.9 Å². The van der Waals surface area contributed by atoms with Crippen LogP contribution in [0.15, 0.2) is 24.3 Å². The van der Waals surface area contributed by atoms with Gasteiger partial charge in [-0.15, -0.1) is 0 Å². The molecule has 7 heteroatoms. The summed E-state index contributed by atoms with van der Waals surface area (Å²) in [5.74, 6) is 0.925. The van der Waals surface area contributed by atoms with Gasteiger partial charge in [0, 0.05) is 18.4 Å². The van der Waals surface area contributed by atoms with E-state index in [0.717, 1.165) is 42.4 Å². The number of benzene rings is 2. The van der Waals surface area contributed by atoms with Crippen molar-refractivity contribution in [2.24, 2.45) is 0 Å². The maximum Gasteiger partial charge on any atom is 0.252 e. The Morgan fingerprint density at radius 1 is 1.13 bits per heavy atom. The van der Waals surface area contributed by atoms with E-state index in [2.05, 4.69) is 6.92 Å². The van der Waals surface area contributed by atoms with Gasteiger partial charge in [-0.1, -0.05) is 25.5 Å². The number of aromatic hydroxyl groups is 2. The molecule has 0 fully saturated rings. The van der Waals surface area contributed by atoms with Gasteiger partial charge in [-0.05, 0) is 48.9 Å². The van der Waals surface area contributed by atoms with Gasteiger partial charge in [-0.25, -0.2) is 0 Å². The number of phenolic OH excluding ortho intramolecular Hbond substituents is 2. The van der Waals surface area contributed by atoms with Crippen LogP contribution in [0.2, 0.25) is 0 Å². The molecule has 1 atom stereocenters. The number of aryl methyl sites for hydroxylation is 1. The Kier molecular flexibility index (Phi) is 7.15. The van der Waals surface area contributed by atoms with E-state index in [0.29, 0.717) is 30.2 Å². The minimum Gasteiger partial charge on any atom is -0.504 e. The zero-order valence-electron chi connectivity index (χ0n) is 18.6. The standard InChI is InChI=1S/C24H31NO6/c1-5-7-16-10-13-21(29-3)24(23(16)30-4)31-25(15(2)26)14-17-8-6-9-19-18(17)11-12-20(27)22(19)28/h10-13,17,27-28H,5-9,14H2,1-4H3. The lowest BCUT2D eigenvalue weighted by atomic mass is 9.82. The number of methoxy groups -OCH3 is 2. The topological polar surface area (TPSA) is 88.5 Å². The minimum atomic E-state index is -0.250. The SMILES string of the molecule is CCCc1ccc(OC)c(ON(CC2CCCc3c2ccc(O)c3O)C(C)=O)c1OC. The molecule has 2 N–H and O–H groups in total. The summed E-state index contributed by atoms with van der Waals surface area (Å²) in [6.45, 7) is 3.84. The molecule has 2 aromatic carbocycles. The fourth-order valence-electron chi connectivity index (χ4n) is 4.22. The maximum absolute atomic E-state index is 12.5. The second-order valence-corrected chi connectivity index (χ2v) is 7.80. The smallest absolute Gasteiger partial charge is 0.252 e. The molecule has 0 aromatic heterocycles. The molecule has 0 bridgehead atoms. The number of ether oxygens (including phenoxy) is 2. The first-order valence-corrected chi connectivity index (χ1v) is 10.6. The molecule has 0 aliphatic heterocycles. The molecule has 2 aromatic rings. The van der Waals surface area contributed by atoms with Gasteiger partial charge in [0.05, 0.1) is 20.8 Å². The molecule has 1 unspecified atom stereocenters. The minimum absolute atomic E-state index is 0.0324. The van der Waals surface area contributed by atoms with Crippen molar-refractivity contribution in [1.29, 1.82) is 0 Å². The summed E-state index contributed by atoms with van der Waals surface area (Å²) >= 11 is 0. The molecule has 0 spiro atoms. The molecule has 0 radical (unpaired) electrons. The fraction of sp³-hybridized carbons (Fsp3) is 0.458. The van der Waals surface area contributed by atoms with E-state index in [-0.39, 0.29) is 23.3 Å². The second-order valence-electron chi connectivity index (χ2n) is 7.80. The highest BCUT2D eigenvalue weighted by atomic mass is 16.7. The summed E-state index contributed by atoms with van der Waals surface area (Å²) in [5.41, 5.74) is 2.64. The average Bonchev–Trinajstić information content (AvgIpc) is 2.76. The summed E-state index contributed by atoms with van der Waals surface area (Å²) < 4.78 is 11.1. The summed E-state index contributed by atoms with van der Waals surface area (Å²) in [4.78, 5) is 18.6. The molecule has 168 valence electrons. The number of carbonyl (C=O) groups excluding carboxylic acids is 1. The van der Waals surface area contributed by atoms with Crippen molar-refractivity contribution in [1.82, 2.24) is 5.06 Å². The van der Waals surface area contributed by atoms with E-state index >= 15 is 0 Å². The number of carbonyl (C=O) groups is 1. The Bertz CT molecular complexity index is 942. The Labute approximate surface area is 183 Å². The molecule has 7 nitrogen and oxygen atoms in total. The van der Waals surface area contributed by atoms with Crippen LogP contribution >= 0.6 is 0 Å². The largest absolute Gasteiger partial charge is 0.504 e. The van der Waals surface area contributed by atoms with Crippen molar-refractivity contribution in [2.75, 3.05) is 20.8 Å². The Morgan fingerprint density at radius 2 is 1.90 bits per heavy atom. The number of amides is 1. The molecule has 1 amide bonds. The number of nitrogens with zero attached hydrogens (tertiary/aromatic N) is 1. The van der Waals surface area contributed by atoms with Crippen LogP contribution in [0.5, 0.6) is 28.7 Å². The van der Waals surface area contributed by atoms with Crippen LogP contribution in [0.4, 0.5) is 0 Å². The number of fused-ring (bicyclic) bond motifs is 1. The monoisotopic (exact) mass is 429 g/mol. The quantitative estimate of drug-likeness (QED) is 0.480. The Morgan fingerprint density at radius 3 is 2.55 bits per heavy atom. The third-order valence-electron chi connectivity index (χ3n) is 5.76. The predicted octanol–water partition coefficient (Wildman–Crippen LogP) is 4.33. The van der Waals surface area contributed by atoms with E-state index in [1.165, 1.54) is 18.1 Å². The van der Waals surface area contributed by atoms with E-state index in [9.17, 15) is 15.0 Å². The molecule has 3 rings (SSSR count). The summed E-state index contributed by atoms with van der Waals surface area (Å²) in [7, 11) is 3.12. The summed E-state index contributed by atoms with van der Waals surface area (Å²) in [6.07, 6.45) is 4.12. The first-order chi connectivity index (χ1) is 14.9. The van der Waals surface area contributed by atoms with Gasteiger partial charge in [0.1, 0.15) is 0 Å². The van der Waals surface area contributed by atoms with Gasteiger partial charge >= 0.3 is 0 Å². The second kappa shape index (κ2) is 9.81. The van der Waals surface area contributed by atoms with Crippen LogP contribution in [0.25, 0.3) is 0 Å². The van der Waals surface area contributed by atoms with Crippen LogP contribution in [-0.4, -0.2) is 41.9 Å². The van der Waals surface area contributed by atoms with Gasteiger partial charge in [0.2, 0.25) is 5.75 Å². The van der Waals surface area contributed by atoms with Crippen LogP contribution < -0.4 is 14.3 Å². The third-order valence-corrected chi connectivity index (χ3v) is 5.76. The van der Waals surface area contributed by atoms with Crippen molar-refractivity contribution < 1.29 is 29.3 Å². The van der Waals surface area contributed by atoms with Gasteiger partial charge in [0.25, 0.3) is 5.91 Å². The van der Waals surface area contributed by atoms with Crippen LogP contribution in [0.1, 0.15) is 55.7 Å². The van der Waals surface area contributed by atoms with Gasteiger partial charge < -0.3 is 24.5 Å². The highest BCUT2D eigenvalue weighted by Gasteiger charge is 2.29. The molecule has 0 saturated heterocycles. The highest BCUT2D eigenvalue weighted by molar-refractivity contribution is 5.73. The average molecular weight is 430 g/mol. The predicted molar refractivity (Wildman–Crippen MR) is 117 cm³/mol. The third kappa shape index (κ3) is 4.65. The molecule has 1 aliphatic rings. The summed E-state index contributed by atoms with van der Waals surface area (Å²) in [5, 5.41) is 21.4. The molecule has 31 heavy (non-hydrogen) atoms. The Hall–Kier alpha value is -3.09. The lowest BCUT2D eigenvalue weighted by molar-refractivity contribution is -0.156. The fourth-order valence-corrected chi connectivity index (χ4v) is 4.22. The van der Waals surface area contributed by atoms with Crippen LogP contribution in [-0.2, 0) is 17.6 Å². The van der Waals surface area contributed by atoms with Gasteiger partial charge in [-0.2, -0.15) is 5.06 Å². The molecular weight excluding hydrogens is 398 g/mol. The van der Waals surface area contributed by atoms with Crippen LogP contribution in [0, 0.1) is 0 Å². The zero-order valence-corrected chi connectivity index (χ0v) is 18.6. The molecule has 0 saturated carbocycles. The van der Waals surface area contributed by atoms with Crippen molar-refractivity contribution >= 4 is 5.91 Å². The molecule has 0 heterocycles. The maximum atomic E-state index is 12.5. The normalized spacial score (nSPS) is 15.2. The highest BCUT2D eigenvalue weighted by Crippen LogP contribution is 2.43. The van der Waals surface area contributed by atoms with Crippen molar-refractivity contribution in [3.05, 3.63) is 41.0 Å². The number of hydrogen-bond acceptors (Lipinski definition) is 6. The first-order valence-electron chi connectivity index (χ1n) is 10.6. The van der Waals surface area contributed by atoms with E-state index in [1.807, 2.05) is 18.2 Å². The van der Waals surface area contributed by atoms with E-state index < -0.39 is 0 Å². The van der Waals surface area contributed by atoms with Gasteiger partial charge in [0.15, 0.2) is 23.0 Å². The van der Waals surface area contributed by atoms with E-state index in [1.54, 1.807) is 14.2 Å². The van der Waals surface area contributed by atoms with Crippen molar-refractivity contribution in [3.8, 4) is 28.7 Å².